The summed E-state index contributed by atoms with van der Waals surface area (Å²) in [6, 6.07) is 18.3. The van der Waals surface area contributed by atoms with E-state index in [0.29, 0.717) is 46.6 Å². The van der Waals surface area contributed by atoms with Crippen LogP contribution in [-0.2, 0) is 26.2 Å². The van der Waals surface area contributed by atoms with Crippen LogP contribution >= 0.6 is 23.2 Å². The molecule has 0 heterocycles. The van der Waals surface area contributed by atoms with Gasteiger partial charge >= 0.3 is 0 Å². The molecule has 0 saturated heterocycles. The van der Waals surface area contributed by atoms with Gasteiger partial charge in [-0.1, -0.05) is 54.4 Å². The van der Waals surface area contributed by atoms with E-state index < -0.39 is 28.5 Å². The van der Waals surface area contributed by atoms with Crippen molar-refractivity contribution in [3.05, 3.63) is 88.4 Å². The van der Waals surface area contributed by atoms with Crippen LogP contribution in [0.3, 0.4) is 0 Å². The Morgan fingerprint density at radius 1 is 0.925 bits per heavy atom. The van der Waals surface area contributed by atoms with E-state index in [2.05, 4.69) is 5.32 Å². The third-order valence-corrected chi connectivity index (χ3v) is 8.65. The van der Waals surface area contributed by atoms with Crippen LogP contribution in [0.25, 0.3) is 0 Å². The Labute approximate surface area is 245 Å². The summed E-state index contributed by atoms with van der Waals surface area (Å²) in [5.41, 5.74) is 0.749. The van der Waals surface area contributed by atoms with Gasteiger partial charge < -0.3 is 15.0 Å². The SMILES string of the molecule is CCCNC(=O)C(C)N(Cc1c(Cl)cccc1Cl)C(=O)CN(c1ccccc1)S(=O)(=O)c1ccc(OCC)cc1. The van der Waals surface area contributed by atoms with Crippen molar-refractivity contribution in [2.75, 3.05) is 24.0 Å². The van der Waals surface area contributed by atoms with Crippen LogP contribution in [0.2, 0.25) is 10.0 Å². The van der Waals surface area contributed by atoms with Crippen LogP contribution in [0.15, 0.2) is 77.7 Å². The maximum Gasteiger partial charge on any atom is 0.264 e. The second-order valence-electron chi connectivity index (χ2n) is 8.94. The fraction of sp³-hybridized carbons (Fsp3) is 0.310. The zero-order valence-corrected chi connectivity index (χ0v) is 25.0. The lowest BCUT2D eigenvalue weighted by Crippen LogP contribution is -2.51. The van der Waals surface area contributed by atoms with Gasteiger partial charge in [-0.05, 0) is 68.8 Å². The molecule has 0 fully saturated rings. The molecule has 0 radical (unpaired) electrons. The number of nitrogens with zero attached hydrogens (tertiary/aromatic N) is 2. The number of anilines is 1. The van der Waals surface area contributed by atoms with Crippen LogP contribution in [-0.4, -0.2) is 50.9 Å². The van der Waals surface area contributed by atoms with E-state index in [1.807, 2.05) is 13.8 Å². The summed E-state index contributed by atoms with van der Waals surface area (Å²) < 4.78 is 34.2. The number of nitrogens with one attached hydrogen (secondary N) is 1. The van der Waals surface area contributed by atoms with Gasteiger partial charge in [0.15, 0.2) is 0 Å². The van der Waals surface area contributed by atoms with Gasteiger partial charge in [-0.3, -0.25) is 13.9 Å². The molecule has 0 aliphatic rings. The second-order valence-corrected chi connectivity index (χ2v) is 11.6. The molecule has 1 unspecified atom stereocenters. The van der Waals surface area contributed by atoms with Crippen LogP contribution in [0.4, 0.5) is 5.69 Å². The summed E-state index contributed by atoms with van der Waals surface area (Å²) in [5.74, 6) is -0.453. The number of rotatable bonds is 13. The molecule has 3 aromatic carbocycles. The van der Waals surface area contributed by atoms with Crippen LogP contribution in [0, 0.1) is 0 Å². The molecule has 1 N–H and O–H groups in total. The third-order valence-electron chi connectivity index (χ3n) is 6.15. The predicted molar refractivity (Wildman–Crippen MR) is 158 cm³/mol. The van der Waals surface area contributed by atoms with Crippen molar-refractivity contribution in [1.29, 1.82) is 0 Å². The number of hydrogen-bond acceptors (Lipinski definition) is 5. The highest BCUT2D eigenvalue weighted by atomic mass is 35.5. The molecule has 0 aromatic heterocycles. The Morgan fingerprint density at radius 2 is 1.55 bits per heavy atom. The lowest BCUT2D eigenvalue weighted by molar-refractivity contribution is -0.139. The fourth-order valence-electron chi connectivity index (χ4n) is 3.96. The number of benzene rings is 3. The van der Waals surface area contributed by atoms with Crippen molar-refractivity contribution in [1.82, 2.24) is 10.2 Å². The van der Waals surface area contributed by atoms with Crippen molar-refractivity contribution in [2.45, 2.75) is 44.7 Å². The summed E-state index contributed by atoms with van der Waals surface area (Å²) >= 11 is 12.8. The second kappa shape index (κ2) is 14.4. The minimum atomic E-state index is -4.19. The summed E-state index contributed by atoms with van der Waals surface area (Å²) in [4.78, 5) is 28.2. The number of carbonyl (C=O) groups is 2. The molecular weight excluding hydrogens is 573 g/mol. The van der Waals surface area contributed by atoms with Gasteiger partial charge in [-0.15, -0.1) is 0 Å². The summed E-state index contributed by atoms with van der Waals surface area (Å²) in [6.45, 7) is 5.55. The number of hydrogen-bond donors (Lipinski definition) is 1. The molecule has 11 heteroatoms. The quantitative estimate of drug-likeness (QED) is 0.276. The highest BCUT2D eigenvalue weighted by Gasteiger charge is 2.33. The van der Waals surface area contributed by atoms with E-state index in [9.17, 15) is 18.0 Å². The normalized spacial score (nSPS) is 11.9. The van der Waals surface area contributed by atoms with Crippen molar-refractivity contribution >= 4 is 50.7 Å². The van der Waals surface area contributed by atoms with Gasteiger partial charge in [0.1, 0.15) is 18.3 Å². The van der Waals surface area contributed by atoms with Crippen LogP contribution in [0.1, 0.15) is 32.8 Å². The first-order valence-electron chi connectivity index (χ1n) is 12.9. The molecule has 3 aromatic rings. The molecule has 0 aliphatic heterocycles. The Morgan fingerprint density at radius 3 is 2.12 bits per heavy atom. The smallest absolute Gasteiger partial charge is 0.264 e. The first kappa shape index (κ1) is 31.3. The molecule has 1 atom stereocenters. The molecule has 0 spiro atoms. The van der Waals surface area contributed by atoms with Crippen molar-refractivity contribution in [3.8, 4) is 5.75 Å². The van der Waals surface area contributed by atoms with E-state index in [4.69, 9.17) is 27.9 Å². The first-order valence-corrected chi connectivity index (χ1v) is 15.1. The van der Waals surface area contributed by atoms with Crippen molar-refractivity contribution in [2.24, 2.45) is 0 Å². The van der Waals surface area contributed by atoms with Crippen LogP contribution in [0.5, 0.6) is 5.75 Å². The largest absolute Gasteiger partial charge is 0.494 e. The third kappa shape index (κ3) is 7.68. The Bertz CT molecular complexity index is 1380. The predicted octanol–water partition coefficient (Wildman–Crippen LogP) is 5.53. The standard InChI is InChI=1S/C29H33Cl2N3O5S/c1-4-18-32-29(36)21(3)33(19-25-26(30)12-9-13-27(25)31)28(35)20-34(22-10-7-6-8-11-22)40(37,38)24-16-14-23(15-17-24)39-5-2/h6-17,21H,4-5,18-20H2,1-3H3,(H,32,36). The topological polar surface area (TPSA) is 96.0 Å². The maximum atomic E-state index is 13.9. The lowest BCUT2D eigenvalue weighted by Gasteiger charge is -2.32. The van der Waals surface area contributed by atoms with Gasteiger partial charge in [0.25, 0.3) is 10.0 Å². The number of carbonyl (C=O) groups excluding carboxylic acids is 2. The number of amides is 2. The highest BCUT2D eigenvalue weighted by Crippen LogP contribution is 2.28. The number of para-hydroxylation sites is 1. The molecule has 0 saturated carbocycles. The van der Waals surface area contributed by atoms with Crippen molar-refractivity contribution in [3.63, 3.8) is 0 Å². The Kier molecular flexibility index (Phi) is 11.2. The summed E-state index contributed by atoms with van der Waals surface area (Å²) in [5, 5.41) is 3.45. The zero-order valence-electron chi connectivity index (χ0n) is 22.6. The molecule has 214 valence electrons. The minimum absolute atomic E-state index is 0.0120. The monoisotopic (exact) mass is 605 g/mol. The van der Waals surface area contributed by atoms with Crippen LogP contribution < -0.4 is 14.4 Å². The molecular formula is C29H33Cl2N3O5S. The Hall–Kier alpha value is -3.27. The molecule has 2 amide bonds. The average Bonchev–Trinajstić information content (AvgIpc) is 2.95. The fourth-order valence-corrected chi connectivity index (χ4v) is 5.89. The number of sulfonamides is 1. The van der Waals surface area contributed by atoms with Crippen molar-refractivity contribution < 1.29 is 22.7 Å². The Balaban J connectivity index is 2.02. The average molecular weight is 607 g/mol. The molecule has 0 bridgehead atoms. The minimum Gasteiger partial charge on any atom is -0.494 e. The summed E-state index contributed by atoms with van der Waals surface area (Å²) in [6.07, 6.45) is 0.713. The molecule has 0 aliphatic carbocycles. The maximum absolute atomic E-state index is 13.9. The molecule has 3 rings (SSSR count). The summed E-state index contributed by atoms with van der Waals surface area (Å²) in [7, 11) is -4.19. The first-order chi connectivity index (χ1) is 19.1. The number of ether oxygens (including phenoxy) is 1. The van der Waals surface area contributed by atoms with Gasteiger partial charge in [0, 0.05) is 28.7 Å². The van der Waals surface area contributed by atoms with E-state index in [1.54, 1.807) is 67.6 Å². The number of halogens is 2. The van der Waals surface area contributed by atoms with E-state index in [1.165, 1.54) is 17.0 Å². The van der Waals surface area contributed by atoms with Gasteiger partial charge in [0.2, 0.25) is 11.8 Å². The van der Waals surface area contributed by atoms with Gasteiger partial charge in [-0.2, -0.15) is 0 Å². The zero-order chi connectivity index (χ0) is 29.3. The highest BCUT2D eigenvalue weighted by molar-refractivity contribution is 7.92. The van der Waals surface area contributed by atoms with E-state index >= 15 is 0 Å². The lowest BCUT2D eigenvalue weighted by atomic mass is 10.1. The molecule has 40 heavy (non-hydrogen) atoms. The van der Waals surface area contributed by atoms with Gasteiger partial charge in [-0.25, -0.2) is 8.42 Å². The molecule has 8 nitrogen and oxygen atoms in total. The van der Waals surface area contributed by atoms with E-state index in [-0.39, 0.29) is 17.3 Å². The van der Waals surface area contributed by atoms with Gasteiger partial charge in [0.05, 0.1) is 17.2 Å². The van der Waals surface area contributed by atoms with E-state index in [0.717, 1.165) is 4.31 Å².